The maximum Gasteiger partial charge on any atom is 0.235 e. The first-order chi connectivity index (χ1) is 10.1. The summed E-state index contributed by atoms with van der Waals surface area (Å²) in [5.41, 5.74) is 1.86. The molecule has 0 fully saturated rings. The van der Waals surface area contributed by atoms with Crippen LogP contribution < -0.4 is 10.6 Å². The summed E-state index contributed by atoms with van der Waals surface area (Å²) in [6.07, 6.45) is 0.662. The summed E-state index contributed by atoms with van der Waals surface area (Å²) in [5.74, 6) is 0.0753. The van der Waals surface area contributed by atoms with Gasteiger partial charge in [-0.3, -0.25) is 9.59 Å². The Bertz CT molecular complexity index is 632. The molecular formula is C15H17N3O3. The highest BCUT2D eigenvalue weighted by molar-refractivity contribution is 6.07. The van der Waals surface area contributed by atoms with Gasteiger partial charge in [0.1, 0.15) is 12.2 Å². The summed E-state index contributed by atoms with van der Waals surface area (Å²) in [6, 6.07) is 9.09. The molecule has 0 radical (unpaired) electrons. The monoisotopic (exact) mass is 287 g/mol. The quantitative estimate of drug-likeness (QED) is 0.827. The number of nitrogens with zero attached hydrogens (tertiary/aromatic N) is 1. The predicted molar refractivity (Wildman–Crippen MR) is 78.9 cm³/mol. The number of aryl methyl sites for hydroxylation is 2. The molecule has 6 heteroatoms. The van der Waals surface area contributed by atoms with E-state index in [1.165, 1.54) is 5.56 Å². The fourth-order valence-corrected chi connectivity index (χ4v) is 1.79. The van der Waals surface area contributed by atoms with E-state index in [-0.39, 0.29) is 12.3 Å². The number of aromatic nitrogens is 1. The standard InChI is InChI=1S/C15H17N3O3/c1-3-11-4-6-12(7-5-11)16-14(19)9-15(20)17-13-8-10(2)21-18-13/h4-8H,3,9H2,1-2H3,(H,16,19)(H,17,18,20). The molecule has 2 aromatic rings. The zero-order valence-corrected chi connectivity index (χ0v) is 12.0. The van der Waals surface area contributed by atoms with Crippen LogP contribution in [0, 0.1) is 6.92 Å². The Balaban J connectivity index is 1.84. The third kappa shape index (κ3) is 4.45. The second kappa shape index (κ2) is 6.69. The van der Waals surface area contributed by atoms with Crippen LogP contribution in [0.15, 0.2) is 34.9 Å². The average Bonchev–Trinajstić information content (AvgIpc) is 2.84. The van der Waals surface area contributed by atoms with Crippen LogP contribution in [0.25, 0.3) is 0 Å². The molecule has 0 aliphatic carbocycles. The lowest BCUT2D eigenvalue weighted by Crippen LogP contribution is -2.21. The van der Waals surface area contributed by atoms with Gasteiger partial charge >= 0.3 is 0 Å². The number of nitrogens with one attached hydrogen (secondary N) is 2. The first-order valence-electron chi connectivity index (χ1n) is 6.69. The Morgan fingerprint density at radius 2 is 1.81 bits per heavy atom. The summed E-state index contributed by atoms with van der Waals surface area (Å²) >= 11 is 0. The molecule has 21 heavy (non-hydrogen) atoms. The van der Waals surface area contributed by atoms with Crippen molar-refractivity contribution in [2.24, 2.45) is 0 Å². The number of hydrogen-bond acceptors (Lipinski definition) is 4. The molecule has 110 valence electrons. The summed E-state index contributed by atoms with van der Waals surface area (Å²) in [5, 5.41) is 8.79. The van der Waals surface area contributed by atoms with Gasteiger partial charge in [0.2, 0.25) is 11.8 Å². The van der Waals surface area contributed by atoms with Crippen LogP contribution in [0.5, 0.6) is 0 Å². The van der Waals surface area contributed by atoms with E-state index < -0.39 is 5.91 Å². The fourth-order valence-electron chi connectivity index (χ4n) is 1.79. The maximum atomic E-state index is 11.8. The van der Waals surface area contributed by atoms with Crippen molar-refractivity contribution >= 4 is 23.3 Å². The third-order valence-electron chi connectivity index (χ3n) is 2.86. The first kappa shape index (κ1) is 14.8. The molecule has 6 nitrogen and oxygen atoms in total. The number of anilines is 2. The minimum atomic E-state index is -0.439. The van der Waals surface area contributed by atoms with E-state index in [1.54, 1.807) is 13.0 Å². The van der Waals surface area contributed by atoms with E-state index in [4.69, 9.17) is 4.52 Å². The van der Waals surface area contributed by atoms with Crippen molar-refractivity contribution in [1.82, 2.24) is 5.16 Å². The molecule has 0 aliphatic rings. The highest BCUT2D eigenvalue weighted by atomic mass is 16.5. The first-order valence-corrected chi connectivity index (χ1v) is 6.69. The van der Waals surface area contributed by atoms with Crippen LogP contribution in [-0.4, -0.2) is 17.0 Å². The van der Waals surface area contributed by atoms with Crippen LogP contribution in [-0.2, 0) is 16.0 Å². The molecule has 0 atom stereocenters. The van der Waals surface area contributed by atoms with E-state index in [0.717, 1.165) is 6.42 Å². The van der Waals surface area contributed by atoms with E-state index in [9.17, 15) is 9.59 Å². The SMILES string of the molecule is CCc1ccc(NC(=O)CC(=O)Nc2cc(C)on2)cc1. The van der Waals surface area contributed by atoms with Crippen molar-refractivity contribution in [3.05, 3.63) is 41.7 Å². The molecule has 1 aromatic carbocycles. The third-order valence-corrected chi connectivity index (χ3v) is 2.86. The van der Waals surface area contributed by atoms with Crippen molar-refractivity contribution in [3.8, 4) is 0 Å². The van der Waals surface area contributed by atoms with Crippen molar-refractivity contribution in [2.75, 3.05) is 10.6 Å². The van der Waals surface area contributed by atoms with E-state index in [2.05, 4.69) is 22.7 Å². The van der Waals surface area contributed by atoms with Crippen molar-refractivity contribution in [3.63, 3.8) is 0 Å². The van der Waals surface area contributed by atoms with E-state index in [1.807, 2.05) is 24.3 Å². The minimum absolute atomic E-state index is 0.276. The van der Waals surface area contributed by atoms with Crippen LogP contribution in [0.2, 0.25) is 0 Å². The van der Waals surface area contributed by atoms with Gasteiger partial charge in [-0.25, -0.2) is 0 Å². The van der Waals surface area contributed by atoms with Crippen molar-refractivity contribution < 1.29 is 14.1 Å². The van der Waals surface area contributed by atoms with Gasteiger partial charge in [0, 0.05) is 11.8 Å². The largest absolute Gasteiger partial charge is 0.360 e. The molecule has 0 aliphatic heterocycles. The number of carbonyl (C=O) groups is 2. The molecule has 2 N–H and O–H groups in total. The zero-order chi connectivity index (χ0) is 15.2. The molecule has 0 saturated carbocycles. The van der Waals surface area contributed by atoms with Gasteiger partial charge in [0.15, 0.2) is 5.82 Å². The molecule has 1 heterocycles. The summed E-state index contributed by atoms with van der Waals surface area (Å²) in [7, 11) is 0. The lowest BCUT2D eigenvalue weighted by Gasteiger charge is -2.05. The number of rotatable bonds is 5. The lowest BCUT2D eigenvalue weighted by molar-refractivity contribution is -0.123. The molecule has 0 bridgehead atoms. The summed E-state index contributed by atoms with van der Waals surface area (Å²) < 4.78 is 4.82. The topological polar surface area (TPSA) is 84.2 Å². The Hall–Kier alpha value is -2.63. The summed E-state index contributed by atoms with van der Waals surface area (Å²) in [6.45, 7) is 3.78. The average molecular weight is 287 g/mol. The van der Waals surface area contributed by atoms with Gasteiger partial charge in [-0.1, -0.05) is 24.2 Å². The molecule has 2 amide bonds. The number of carbonyl (C=O) groups excluding carboxylic acids is 2. The highest BCUT2D eigenvalue weighted by Gasteiger charge is 2.11. The molecular weight excluding hydrogens is 270 g/mol. The number of hydrogen-bond donors (Lipinski definition) is 2. The van der Waals surface area contributed by atoms with Gasteiger partial charge in [-0.2, -0.15) is 0 Å². The van der Waals surface area contributed by atoms with Gasteiger partial charge in [-0.05, 0) is 31.0 Å². The second-order valence-electron chi connectivity index (χ2n) is 4.65. The smallest absolute Gasteiger partial charge is 0.235 e. The molecule has 1 aromatic heterocycles. The van der Waals surface area contributed by atoms with Gasteiger partial charge in [-0.15, -0.1) is 0 Å². The van der Waals surface area contributed by atoms with E-state index >= 15 is 0 Å². The lowest BCUT2D eigenvalue weighted by atomic mass is 10.1. The normalized spacial score (nSPS) is 10.2. The molecule has 2 rings (SSSR count). The summed E-state index contributed by atoms with van der Waals surface area (Å²) in [4.78, 5) is 23.4. The van der Waals surface area contributed by atoms with Crippen LogP contribution in [0.3, 0.4) is 0 Å². The Morgan fingerprint density at radius 1 is 1.14 bits per heavy atom. The van der Waals surface area contributed by atoms with Gasteiger partial charge in [0.05, 0.1) is 0 Å². The number of amides is 2. The molecule has 0 saturated heterocycles. The van der Waals surface area contributed by atoms with Crippen LogP contribution in [0.1, 0.15) is 24.7 Å². The van der Waals surface area contributed by atoms with E-state index in [0.29, 0.717) is 17.3 Å². The minimum Gasteiger partial charge on any atom is -0.360 e. The fraction of sp³-hybridized carbons (Fsp3) is 0.267. The molecule has 0 spiro atoms. The molecule has 0 unspecified atom stereocenters. The van der Waals surface area contributed by atoms with Gasteiger partial charge in [0.25, 0.3) is 0 Å². The predicted octanol–water partition coefficient (Wildman–Crippen LogP) is 2.51. The van der Waals surface area contributed by atoms with Crippen LogP contribution >= 0.6 is 0 Å². The zero-order valence-electron chi connectivity index (χ0n) is 12.0. The maximum absolute atomic E-state index is 11.8. The van der Waals surface area contributed by atoms with Crippen LogP contribution in [0.4, 0.5) is 11.5 Å². The number of benzene rings is 1. The van der Waals surface area contributed by atoms with Crippen molar-refractivity contribution in [1.29, 1.82) is 0 Å². The Kier molecular flexibility index (Phi) is 4.71. The second-order valence-corrected chi connectivity index (χ2v) is 4.65. The Labute approximate surface area is 122 Å². The highest BCUT2D eigenvalue weighted by Crippen LogP contribution is 2.11. The van der Waals surface area contributed by atoms with Gasteiger partial charge < -0.3 is 15.2 Å². The van der Waals surface area contributed by atoms with Crippen molar-refractivity contribution in [2.45, 2.75) is 26.7 Å². The Morgan fingerprint density at radius 3 is 2.38 bits per heavy atom.